The second-order valence-electron chi connectivity index (χ2n) is 3.11. The van der Waals surface area contributed by atoms with Crippen molar-refractivity contribution in [2.24, 2.45) is 0 Å². The van der Waals surface area contributed by atoms with E-state index in [1.54, 1.807) is 12.4 Å². The fraction of sp³-hybridized carbons (Fsp3) is 0.444. The van der Waals surface area contributed by atoms with Gasteiger partial charge in [0, 0.05) is 18.1 Å². The number of hydrogen-bond donors (Lipinski definition) is 2. The second-order valence-corrected chi connectivity index (χ2v) is 4.09. The van der Waals surface area contributed by atoms with Crippen LogP contribution in [0.4, 0.5) is 0 Å². The number of thioether (sulfide) groups is 1. The van der Waals surface area contributed by atoms with Crippen molar-refractivity contribution in [2.75, 3.05) is 5.75 Å². The molecule has 0 aliphatic carbocycles. The van der Waals surface area contributed by atoms with Crippen LogP contribution in [-0.4, -0.2) is 38.0 Å². The predicted octanol–water partition coefficient (Wildman–Crippen LogP) is 0.713. The lowest BCUT2D eigenvalue weighted by molar-refractivity contribution is -0.138. The molecular weight excluding hydrogens is 216 g/mol. The second kappa shape index (κ2) is 5.67. The third-order valence-electron chi connectivity index (χ3n) is 1.57. The molecule has 0 aromatic carbocycles. The minimum absolute atomic E-state index is 0.251. The first-order valence-electron chi connectivity index (χ1n) is 4.39. The van der Waals surface area contributed by atoms with E-state index in [9.17, 15) is 9.90 Å². The molecular formula is C9H12N2O3S. The van der Waals surface area contributed by atoms with Gasteiger partial charge in [0.05, 0.1) is 12.5 Å². The van der Waals surface area contributed by atoms with Crippen LogP contribution < -0.4 is 0 Å². The number of nitrogens with zero attached hydrogens (tertiary/aromatic N) is 2. The van der Waals surface area contributed by atoms with Crippen molar-refractivity contribution in [3.05, 3.63) is 18.0 Å². The highest BCUT2D eigenvalue weighted by molar-refractivity contribution is 7.99. The van der Waals surface area contributed by atoms with Gasteiger partial charge in [-0.3, -0.25) is 4.79 Å². The van der Waals surface area contributed by atoms with Gasteiger partial charge in [-0.1, -0.05) is 11.8 Å². The van der Waals surface area contributed by atoms with E-state index < -0.39 is 12.1 Å². The fourth-order valence-corrected chi connectivity index (χ4v) is 1.60. The van der Waals surface area contributed by atoms with Crippen molar-refractivity contribution in [1.29, 1.82) is 0 Å². The maximum atomic E-state index is 10.3. The fourth-order valence-electron chi connectivity index (χ4n) is 0.886. The first-order valence-corrected chi connectivity index (χ1v) is 5.38. The molecule has 1 rings (SSSR count). The SMILES string of the molecule is Cc1cnc(SCC(O)CC(=O)O)nc1. The molecule has 1 aromatic rings. The minimum atomic E-state index is -1.01. The van der Waals surface area contributed by atoms with Crippen LogP contribution in [0.25, 0.3) is 0 Å². The first kappa shape index (κ1) is 11.9. The van der Waals surface area contributed by atoms with E-state index in [1.165, 1.54) is 11.8 Å². The molecule has 0 saturated carbocycles. The van der Waals surface area contributed by atoms with Gasteiger partial charge in [0.1, 0.15) is 0 Å². The van der Waals surface area contributed by atoms with Gasteiger partial charge in [-0.25, -0.2) is 9.97 Å². The zero-order chi connectivity index (χ0) is 11.3. The lowest BCUT2D eigenvalue weighted by Crippen LogP contribution is -2.15. The number of carbonyl (C=O) groups is 1. The molecule has 5 nitrogen and oxygen atoms in total. The molecule has 0 saturated heterocycles. The number of aryl methyl sites for hydroxylation is 1. The van der Waals surface area contributed by atoms with Gasteiger partial charge in [0.15, 0.2) is 5.16 Å². The molecule has 0 bridgehead atoms. The number of aliphatic hydroxyl groups is 1. The van der Waals surface area contributed by atoms with Gasteiger partial charge >= 0.3 is 5.97 Å². The zero-order valence-corrected chi connectivity index (χ0v) is 9.07. The lowest BCUT2D eigenvalue weighted by atomic mass is 10.3. The third kappa shape index (κ3) is 4.75. The summed E-state index contributed by atoms with van der Waals surface area (Å²) in [6, 6.07) is 0. The highest BCUT2D eigenvalue weighted by Crippen LogP contribution is 2.14. The van der Waals surface area contributed by atoms with Crippen LogP contribution in [0.2, 0.25) is 0 Å². The average Bonchev–Trinajstić information content (AvgIpc) is 2.16. The summed E-state index contributed by atoms with van der Waals surface area (Å²) >= 11 is 1.24. The number of carboxylic acids is 1. The van der Waals surface area contributed by atoms with Crippen molar-refractivity contribution >= 4 is 17.7 Å². The van der Waals surface area contributed by atoms with Gasteiger partial charge in [-0.15, -0.1) is 0 Å². The van der Waals surface area contributed by atoms with Crippen LogP contribution in [0.5, 0.6) is 0 Å². The Bertz CT molecular complexity index is 329. The van der Waals surface area contributed by atoms with E-state index >= 15 is 0 Å². The van der Waals surface area contributed by atoms with Crippen molar-refractivity contribution in [3.63, 3.8) is 0 Å². The Morgan fingerprint density at radius 2 is 2.13 bits per heavy atom. The van der Waals surface area contributed by atoms with Crippen molar-refractivity contribution in [3.8, 4) is 0 Å². The van der Waals surface area contributed by atoms with Crippen molar-refractivity contribution in [1.82, 2.24) is 9.97 Å². The summed E-state index contributed by atoms with van der Waals surface area (Å²) in [6.07, 6.45) is 2.24. The van der Waals surface area contributed by atoms with E-state index in [1.807, 2.05) is 6.92 Å². The molecule has 2 N–H and O–H groups in total. The maximum absolute atomic E-state index is 10.3. The molecule has 1 heterocycles. The third-order valence-corrected chi connectivity index (χ3v) is 2.59. The van der Waals surface area contributed by atoms with Gasteiger partial charge in [-0.2, -0.15) is 0 Å². The molecule has 0 spiro atoms. The predicted molar refractivity (Wildman–Crippen MR) is 55.8 cm³/mol. The summed E-state index contributed by atoms with van der Waals surface area (Å²) in [4.78, 5) is 18.3. The first-order chi connectivity index (χ1) is 7.08. The Hall–Kier alpha value is -1.14. The van der Waals surface area contributed by atoms with Gasteiger partial charge in [0.25, 0.3) is 0 Å². The van der Waals surface area contributed by atoms with E-state index in [2.05, 4.69) is 9.97 Å². The average molecular weight is 228 g/mol. The molecule has 0 amide bonds. The van der Waals surface area contributed by atoms with Crippen LogP contribution >= 0.6 is 11.8 Å². The van der Waals surface area contributed by atoms with E-state index in [-0.39, 0.29) is 12.2 Å². The number of aromatic nitrogens is 2. The Morgan fingerprint density at radius 1 is 1.53 bits per heavy atom. The molecule has 6 heteroatoms. The summed E-state index contributed by atoms with van der Waals surface area (Å²) in [5.74, 6) is -0.719. The van der Waals surface area contributed by atoms with Gasteiger partial charge in [-0.05, 0) is 12.5 Å². The quantitative estimate of drug-likeness (QED) is 0.570. The molecule has 82 valence electrons. The van der Waals surface area contributed by atoms with Crippen molar-refractivity contribution in [2.45, 2.75) is 24.6 Å². The Morgan fingerprint density at radius 3 is 2.67 bits per heavy atom. The Balaban J connectivity index is 2.36. The van der Waals surface area contributed by atoms with Crippen LogP contribution in [-0.2, 0) is 4.79 Å². The number of aliphatic hydroxyl groups excluding tert-OH is 1. The van der Waals surface area contributed by atoms with E-state index in [0.717, 1.165) is 5.56 Å². The smallest absolute Gasteiger partial charge is 0.306 e. The van der Waals surface area contributed by atoms with Crippen molar-refractivity contribution < 1.29 is 15.0 Å². The summed E-state index contributed by atoms with van der Waals surface area (Å²) in [5.41, 5.74) is 0.963. The molecule has 1 aromatic heterocycles. The summed E-state index contributed by atoms with van der Waals surface area (Å²) in [6.45, 7) is 1.88. The van der Waals surface area contributed by atoms with E-state index in [0.29, 0.717) is 5.16 Å². The number of carboxylic acid groups (broad SMARTS) is 1. The Kier molecular flexibility index (Phi) is 4.51. The molecule has 0 radical (unpaired) electrons. The normalized spacial score (nSPS) is 12.4. The molecule has 1 unspecified atom stereocenters. The Labute approximate surface area is 91.6 Å². The highest BCUT2D eigenvalue weighted by Gasteiger charge is 2.10. The van der Waals surface area contributed by atoms with Crippen LogP contribution in [0.1, 0.15) is 12.0 Å². The lowest BCUT2D eigenvalue weighted by Gasteiger charge is -2.05. The summed E-state index contributed by atoms with van der Waals surface area (Å²) in [5, 5.41) is 18.2. The molecule has 0 aliphatic rings. The highest BCUT2D eigenvalue weighted by atomic mass is 32.2. The summed E-state index contributed by atoms with van der Waals surface area (Å²) in [7, 11) is 0. The van der Waals surface area contributed by atoms with Crippen LogP contribution in [0.3, 0.4) is 0 Å². The number of aliphatic carboxylic acids is 1. The summed E-state index contributed by atoms with van der Waals surface area (Å²) < 4.78 is 0. The van der Waals surface area contributed by atoms with Gasteiger partial charge < -0.3 is 10.2 Å². The molecule has 15 heavy (non-hydrogen) atoms. The van der Waals surface area contributed by atoms with Crippen LogP contribution in [0.15, 0.2) is 17.6 Å². The standard InChI is InChI=1S/C9H12N2O3S/c1-6-3-10-9(11-4-6)15-5-7(12)2-8(13)14/h3-4,7,12H,2,5H2,1H3,(H,13,14). The number of rotatable bonds is 5. The van der Waals surface area contributed by atoms with Gasteiger partial charge in [0.2, 0.25) is 0 Å². The topological polar surface area (TPSA) is 83.3 Å². The van der Waals surface area contributed by atoms with E-state index in [4.69, 9.17) is 5.11 Å². The number of hydrogen-bond acceptors (Lipinski definition) is 5. The molecule has 0 aliphatic heterocycles. The molecule has 0 fully saturated rings. The molecule has 1 atom stereocenters. The monoisotopic (exact) mass is 228 g/mol. The zero-order valence-electron chi connectivity index (χ0n) is 8.25. The van der Waals surface area contributed by atoms with Crippen LogP contribution in [0, 0.1) is 6.92 Å². The minimum Gasteiger partial charge on any atom is -0.481 e. The largest absolute Gasteiger partial charge is 0.481 e. The maximum Gasteiger partial charge on any atom is 0.306 e.